The molecule has 1 atom stereocenters. The zero-order chi connectivity index (χ0) is 15.6. The summed E-state index contributed by atoms with van der Waals surface area (Å²) in [6.07, 6.45) is 0.0381. The van der Waals surface area contributed by atoms with Crippen LogP contribution < -0.4 is 9.47 Å². The third-order valence-corrected chi connectivity index (χ3v) is 3.71. The summed E-state index contributed by atoms with van der Waals surface area (Å²) in [6.45, 7) is 0.503. The first kappa shape index (κ1) is 15.4. The normalized spacial score (nSPS) is 18.0. The van der Waals surface area contributed by atoms with Gasteiger partial charge in [0, 0.05) is 19.5 Å². The molecule has 1 fully saturated rings. The second-order valence-electron chi connectivity index (χ2n) is 4.83. The third kappa shape index (κ3) is 3.21. The van der Waals surface area contributed by atoms with Crippen molar-refractivity contribution in [3.8, 4) is 11.5 Å². The summed E-state index contributed by atoms with van der Waals surface area (Å²) in [7, 11) is 2.99. The van der Waals surface area contributed by atoms with E-state index >= 15 is 0 Å². The van der Waals surface area contributed by atoms with Gasteiger partial charge in [0.1, 0.15) is 0 Å². The maximum Gasteiger partial charge on any atom is 0.308 e. The predicted octanol–water partition coefficient (Wildman–Crippen LogP) is 1.79. The van der Waals surface area contributed by atoms with Crippen LogP contribution in [0.15, 0.2) is 12.1 Å². The Labute approximate surface area is 127 Å². The van der Waals surface area contributed by atoms with E-state index in [4.69, 9.17) is 26.2 Å². The van der Waals surface area contributed by atoms with Crippen LogP contribution >= 0.6 is 11.6 Å². The van der Waals surface area contributed by atoms with Crippen molar-refractivity contribution >= 4 is 23.5 Å². The number of amides is 1. The van der Waals surface area contributed by atoms with E-state index in [9.17, 15) is 9.59 Å². The van der Waals surface area contributed by atoms with E-state index in [-0.39, 0.29) is 18.9 Å². The molecule has 2 rings (SSSR count). The number of likely N-dealkylation sites (tertiary alicyclic amines) is 1. The van der Waals surface area contributed by atoms with Crippen LogP contribution in [-0.2, 0) is 16.1 Å². The molecule has 0 bridgehead atoms. The number of ether oxygens (including phenoxy) is 2. The molecule has 7 heteroatoms. The fraction of sp³-hybridized carbons (Fsp3) is 0.429. The van der Waals surface area contributed by atoms with Crippen LogP contribution in [0.2, 0.25) is 5.02 Å². The van der Waals surface area contributed by atoms with Gasteiger partial charge in [-0.25, -0.2) is 0 Å². The minimum absolute atomic E-state index is 0.0381. The first-order valence-electron chi connectivity index (χ1n) is 6.37. The van der Waals surface area contributed by atoms with Gasteiger partial charge in [-0.1, -0.05) is 11.6 Å². The maximum atomic E-state index is 11.8. The average Bonchev–Trinajstić information content (AvgIpc) is 2.79. The molecule has 1 aromatic carbocycles. The van der Waals surface area contributed by atoms with E-state index in [1.54, 1.807) is 12.1 Å². The molecule has 0 aromatic heterocycles. The summed E-state index contributed by atoms with van der Waals surface area (Å²) < 4.78 is 10.3. The van der Waals surface area contributed by atoms with Crippen LogP contribution in [0.3, 0.4) is 0 Å². The number of carboxylic acid groups (broad SMARTS) is 1. The van der Waals surface area contributed by atoms with Crippen molar-refractivity contribution in [2.75, 3.05) is 20.8 Å². The van der Waals surface area contributed by atoms with Gasteiger partial charge in [-0.15, -0.1) is 0 Å². The van der Waals surface area contributed by atoms with E-state index in [1.807, 2.05) is 0 Å². The Morgan fingerprint density at radius 2 is 2.14 bits per heavy atom. The second kappa shape index (κ2) is 6.22. The monoisotopic (exact) mass is 313 g/mol. The molecule has 1 aromatic rings. The molecule has 1 aliphatic rings. The Bertz CT molecular complexity index is 575. The summed E-state index contributed by atoms with van der Waals surface area (Å²) in [4.78, 5) is 24.3. The van der Waals surface area contributed by atoms with Crippen molar-refractivity contribution in [3.05, 3.63) is 22.7 Å². The van der Waals surface area contributed by atoms with Crippen molar-refractivity contribution in [1.29, 1.82) is 0 Å². The highest BCUT2D eigenvalue weighted by Gasteiger charge is 2.34. The van der Waals surface area contributed by atoms with Crippen molar-refractivity contribution < 1.29 is 24.2 Å². The quantitative estimate of drug-likeness (QED) is 0.897. The molecule has 1 N–H and O–H groups in total. The molecule has 1 heterocycles. The van der Waals surface area contributed by atoms with Crippen LogP contribution in [0.4, 0.5) is 0 Å². The number of methoxy groups -OCH3 is 2. The molecule has 1 amide bonds. The van der Waals surface area contributed by atoms with E-state index in [1.165, 1.54) is 19.1 Å². The molecule has 0 radical (unpaired) electrons. The number of halogens is 1. The minimum Gasteiger partial charge on any atom is -0.493 e. The first-order valence-corrected chi connectivity index (χ1v) is 6.75. The standard InChI is InChI=1S/C14H16ClNO5/c1-20-11-4-8(3-10(15)13(11)21-2)6-16-7-9(14(18)19)5-12(16)17/h3-4,9H,5-7H2,1-2H3,(H,18,19). The Morgan fingerprint density at radius 1 is 1.43 bits per heavy atom. The first-order chi connectivity index (χ1) is 9.96. The molecule has 1 aliphatic heterocycles. The highest BCUT2D eigenvalue weighted by molar-refractivity contribution is 6.32. The van der Waals surface area contributed by atoms with Gasteiger partial charge < -0.3 is 19.5 Å². The average molecular weight is 314 g/mol. The van der Waals surface area contributed by atoms with Crippen molar-refractivity contribution in [1.82, 2.24) is 4.90 Å². The number of rotatable bonds is 5. The lowest BCUT2D eigenvalue weighted by Crippen LogP contribution is -2.25. The van der Waals surface area contributed by atoms with Gasteiger partial charge in [0.05, 0.1) is 25.2 Å². The highest BCUT2D eigenvalue weighted by atomic mass is 35.5. The van der Waals surface area contributed by atoms with Crippen LogP contribution in [0.1, 0.15) is 12.0 Å². The number of nitrogens with zero attached hydrogens (tertiary/aromatic N) is 1. The number of benzene rings is 1. The second-order valence-corrected chi connectivity index (χ2v) is 5.23. The number of hydrogen-bond donors (Lipinski definition) is 1. The van der Waals surface area contributed by atoms with Crippen LogP contribution in [-0.4, -0.2) is 42.6 Å². The summed E-state index contributed by atoms with van der Waals surface area (Å²) in [5, 5.41) is 9.36. The van der Waals surface area contributed by atoms with Crippen molar-refractivity contribution in [2.24, 2.45) is 5.92 Å². The molecule has 6 nitrogen and oxygen atoms in total. The van der Waals surface area contributed by atoms with Crippen LogP contribution in [0.25, 0.3) is 0 Å². The van der Waals surface area contributed by atoms with Gasteiger partial charge in [-0.3, -0.25) is 9.59 Å². The lowest BCUT2D eigenvalue weighted by Gasteiger charge is -2.18. The molecular weight excluding hydrogens is 298 g/mol. The van der Waals surface area contributed by atoms with Gasteiger partial charge in [0.25, 0.3) is 0 Å². The number of aliphatic carboxylic acids is 1. The summed E-state index contributed by atoms with van der Waals surface area (Å²) in [6, 6.07) is 3.41. The zero-order valence-corrected chi connectivity index (χ0v) is 12.5. The smallest absolute Gasteiger partial charge is 0.308 e. The Kier molecular flexibility index (Phi) is 4.57. The third-order valence-electron chi connectivity index (χ3n) is 3.43. The fourth-order valence-corrected chi connectivity index (χ4v) is 2.68. The van der Waals surface area contributed by atoms with Gasteiger partial charge >= 0.3 is 5.97 Å². The lowest BCUT2D eigenvalue weighted by molar-refractivity contribution is -0.141. The molecule has 0 aliphatic carbocycles. The van der Waals surface area contributed by atoms with Gasteiger partial charge in [-0.05, 0) is 17.7 Å². The fourth-order valence-electron chi connectivity index (χ4n) is 2.37. The molecule has 0 spiro atoms. The minimum atomic E-state index is -0.948. The molecule has 0 saturated carbocycles. The van der Waals surface area contributed by atoms with Crippen LogP contribution in [0.5, 0.6) is 11.5 Å². The number of carbonyl (C=O) groups excluding carboxylic acids is 1. The van der Waals surface area contributed by atoms with E-state index in [2.05, 4.69) is 0 Å². The van der Waals surface area contributed by atoms with Gasteiger partial charge in [0.15, 0.2) is 11.5 Å². The van der Waals surface area contributed by atoms with Crippen molar-refractivity contribution in [3.63, 3.8) is 0 Å². The summed E-state index contributed by atoms with van der Waals surface area (Å²) in [5.41, 5.74) is 0.761. The van der Waals surface area contributed by atoms with E-state index < -0.39 is 11.9 Å². The lowest BCUT2D eigenvalue weighted by atomic mass is 10.1. The maximum absolute atomic E-state index is 11.8. The predicted molar refractivity (Wildman–Crippen MR) is 75.7 cm³/mol. The van der Waals surface area contributed by atoms with Crippen LogP contribution in [0, 0.1) is 5.92 Å². The Balaban J connectivity index is 2.19. The summed E-state index contributed by atoms with van der Waals surface area (Å²) >= 11 is 6.11. The largest absolute Gasteiger partial charge is 0.493 e. The SMILES string of the molecule is COc1cc(CN2CC(C(=O)O)CC2=O)cc(Cl)c1OC. The van der Waals surface area contributed by atoms with E-state index in [0.717, 1.165) is 5.56 Å². The van der Waals surface area contributed by atoms with Gasteiger partial charge in [-0.2, -0.15) is 0 Å². The van der Waals surface area contributed by atoms with Gasteiger partial charge in [0.2, 0.25) is 5.91 Å². The molecule has 1 saturated heterocycles. The van der Waals surface area contributed by atoms with E-state index in [0.29, 0.717) is 23.1 Å². The Hall–Kier alpha value is -1.95. The number of hydrogen-bond acceptors (Lipinski definition) is 4. The number of carboxylic acids is 1. The van der Waals surface area contributed by atoms with Crippen molar-refractivity contribution in [2.45, 2.75) is 13.0 Å². The highest BCUT2D eigenvalue weighted by Crippen LogP contribution is 2.36. The molecule has 1 unspecified atom stereocenters. The summed E-state index contributed by atoms with van der Waals surface area (Å²) in [5.74, 6) is -0.863. The Morgan fingerprint density at radius 3 is 2.67 bits per heavy atom. The molecule has 21 heavy (non-hydrogen) atoms. The molecular formula is C14H16ClNO5. The number of carbonyl (C=O) groups is 2. The zero-order valence-electron chi connectivity index (χ0n) is 11.8. The topological polar surface area (TPSA) is 76.1 Å². The molecule has 114 valence electrons.